The average molecular weight is 416 g/mol. The van der Waals surface area contributed by atoms with Gasteiger partial charge >= 0.3 is 5.97 Å². The van der Waals surface area contributed by atoms with E-state index in [1.807, 2.05) is 31.2 Å². The maximum atomic E-state index is 12.3. The third kappa shape index (κ3) is 2.74. The van der Waals surface area contributed by atoms with Crippen molar-refractivity contribution in [2.75, 3.05) is 11.9 Å². The van der Waals surface area contributed by atoms with E-state index in [1.165, 1.54) is 24.8 Å². The average Bonchev–Trinajstić information content (AvgIpc) is 3.32. The molecule has 1 aliphatic heterocycles. The number of fused-ring (bicyclic) bond motifs is 7. The van der Waals surface area contributed by atoms with E-state index in [9.17, 15) is 4.79 Å². The van der Waals surface area contributed by atoms with Crippen molar-refractivity contribution in [2.45, 2.75) is 38.1 Å². The number of carbonyl (C=O) groups is 1. The van der Waals surface area contributed by atoms with Crippen molar-refractivity contribution in [3.8, 4) is 0 Å². The zero-order chi connectivity index (χ0) is 19.4. The number of nitrogens with one attached hydrogen (secondary N) is 1. The molecule has 0 unspecified atom stereocenters. The van der Waals surface area contributed by atoms with Gasteiger partial charge in [-0.2, -0.15) is 0 Å². The first kappa shape index (κ1) is 18.3. The van der Waals surface area contributed by atoms with Gasteiger partial charge in [0.25, 0.3) is 0 Å². The molecule has 146 valence electrons. The molecule has 0 spiro atoms. The van der Waals surface area contributed by atoms with Gasteiger partial charge in [0, 0.05) is 5.69 Å². The highest BCUT2D eigenvalue weighted by molar-refractivity contribution is 6.42. The molecule has 2 saturated carbocycles. The smallest absolute Gasteiger partial charge is 0.338 e. The molecule has 1 heterocycles. The predicted octanol–water partition coefficient (Wildman–Crippen LogP) is 6.47. The Morgan fingerprint density at radius 3 is 2.79 bits per heavy atom. The second-order valence-corrected chi connectivity index (χ2v) is 9.01. The SMILES string of the molecule is CCOC(=O)c1ccc2c(c1)[C@@H]1[C@H]3CC[C@@H](C3)[C@@H]1[C@@H](c1cccc(Cl)c1Cl)N2. The van der Waals surface area contributed by atoms with Crippen molar-refractivity contribution in [3.63, 3.8) is 0 Å². The molecule has 0 amide bonds. The maximum absolute atomic E-state index is 12.3. The van der Waals surface area contributed by atoms with E-state index in [0.29, 0.717) is 45.9 Å². The van der Waals surface area contributed by atoms with Crippen molar-refractivity contribution in [3.05, 3.63) is 63.1 Å². The van der Waals surface area contributed by atoms with Crippen molar-refractivity contribution >= 4 is 34.9 Å². The van der Waals surface area contributed by atoms with Gasteiger partial charge in [-0.1, -0.05) is 35.3 Å². The highest BCUT2D eigenvalue weighted by Crippen LogP contribution is 2.64. The van der Waals surface area contributed by atoms with Crippen molar-refractivity contribution in [1.29, 1.82) is 0 Å². The number of ether oxygens (including phenoxy) is 1. The third-order valence-corrected chi connectivity index (χ3v) is 7.75. The van der Waals surface area contributed by atoms with Crippen LogP contribution in [0.25, 0.3) is 0 Å². The van der Waals surface area contributed by atoms with Crippen LogP contribution in [0.1, 0.15) is 59.6 Å². The van der Waals surface area contributed by atoms with Crippen LogP contribution in [0.4, 0.5) is 5.69 Å². The monoisotopic (exact) mass is 415 g/mol. The zero-order valence-corrected chi connectivity index (χ0v) is 17.3. The second-order valence-electron chi connectivity index (χ2n) is 8.22. The van der Waals surface area contributed by atoms with Crippen LogP contribution < -0.4 is 5.32 Å². The van der Waals surface area contributed by atoms with E-state index in [-0.39, 0.29) is 12.0 Å². The highest BCUT2D eigenvalue weighted by Gasteiger charge is 2.54. The van der Waals surface area contributed by atoms with Crippen LogP contribution in [-0.2, 0) is 4.74 Å². The number of anilines is 1. The minimum atomic E-state index is -0.245. The van der Waals surface area contributed by atoms with Gasteiger partial charge in [-0.3, -0.25) is 0 Å². The number of esters is 1. The van der Waals surface area contributed by atoms with Gasteiger partial charge < -0.3 is 10.1 Å². The molecule has 2 aromatic carbocycles. The summed E-state index contributed by atoms with van der Waals surface area (Å²) < 4.78 is 5.22. The number of rotatable bonds is 3. The molecule has 2 aromatic rings. The molecular formula is C23H23Cl2NO2. The maximum Gasteiger partial charge on any atom is 0.338 e. The van der Waals surface area contributed by atoms with Gasteiger partial charge in [-0.25, -0.2) is 4.79 Å². The number of hydrogen-bond donors (Lipinski definition) is 1. The van der Waals surface area contributed by atoms with Gasteiger partial charge in [0.1, 0.15) is 0 Å². The van der Waals surface area contributed by atoms with Gasteiger partial charge in [-0.05, 0) is 85.3 Å². The molecule has 5 heteroatoms. The Labute approximate surface area is 175 Å². The van der Waals surface area contributed by atoms with Crippen LogP contribution in [0.5, 0.6) is 0 Å². The van der Waals surface area contributed by atoms with Crippen LogP contribution in [-0.4, -0.2) is 12.6 Å². The van der Waals surface area contributed by atoms with Crippen molar-refractivity contribution < 1.29 is 9.53 Å². The number of benzene rings is 2. The van der Waals surface area contributed by atoms with Gasteiger partial charge in [-0.15, -0.1) is 0 Å². The molecular weight excluding hydrogens is 393 g/mol. The molecule has 2 fully saturated rings. The summed E-state index contributed by atoms with van der Waals surface area (Å²) in [4.78, 5) is 12.3. The molecule has 5 atom stereocenters. The molecule has 2 bridgehead atoms. The van der Waals surface area contributed by atoms with Crippen LogP contribution >= 0.6 is 23.2 Å². The zero-order valence-electron chi connectivity index (χ0n) is 15.8. The lowest BCUT2D eigenvalue weighted by Crippen LogP contribution is -2.35. The predicted molar refractivity (Wildman–Crippen MR) is 112 cm³/mol. The minimum absolute atomic E-state index is 0.146. The number of carbonyl (C=O) groups excluding carboxylic acids is 1. The Bertz CT molecular complexity index is 944. The fourth-order valence-corrected chi connectivity index (χ4v) is 6.32. The molecule has 1 N–H and O–H groups in total. The van der Waals surface area contributed by atoms with E-state index in [2.05, 4.69) is 17.4 Å². The molecule has 5 rings (SSSR count). The van der Waals surface area contributed by atoms with E-state index in [1.54, 1.807) is 0 Å². The topological polar surface area (TPSA) is 38.3 Å². The fourth-order valence-electron chi connectivity index (χ4n) is 5.90. The summed E-state index contributed by atoms with van der Waals surface area (Å²) >= 11 is 12.9. The summed E-state index contributed by atoms with van der Waals surface area (Å²) in [6.45, 7) is 2.23. The van der Waals surface area contributed by atoms with Crippen molar-refractivity contribution in [1.82, 2.24) is 0 Å². The summed E-state index contributed by atoms with van der Waals surface area (Å²) in [7, 11) is 0. The lowest BCUT2D eigenvalue weighted by atomic mass is 9.68. The Morgan fingerprint density at radius 1 is 1.14 bits per heavy atom. The molecule has 0 radical (unpaired) electrons. The minimum Gasteiger partial charge on any atom is -0.462 e. The van der Waals surface area contributed by atoms with E-state index in [0.717, 1.165) is 11.3 Å². The van der Waals surface area contributed by atoms with Gasteiger partial charge in [0.2, 0.25) is 0 Å². The Morgan fingerprint density at radius 2 is 1.96 bits per heavy atom. The molecule has 28 heavy (non-hydrogen) atoms. The highest BCUT2D eigenvalue weighted by atomic mass is 35.5. The van der Waals surface area contributed by atoms with E-state index >= 15 is 0 Å². The Hall–Kier alpha value is -1.71. The van der Waals surface area contributed by atoms with Crippen LogP contribution in [0.2, 0.25) is 10.0 Å². The van der Waals surface area contributed by atoms with E-state index < -0.39 is 0 Å². The van der Waals surface area contributed by atoms with Crippen LogP contribution in [0.15, 0.2) is 36.4 Å². The van der Waals surface area contributed by atoms with Gasteiger partial charge in [0.15, 0.2) is 0 Å². The Balaban J connectivity index is 1.60. The summed E-state index contributed by atoms with van der Waals surface area (Å²) in [5.74, 6) is 2.03. The van der Waals surface area contributed by atoms with E-state index in [4.69, 9.17) is 27.9 Å². The summed E-state index contributed by atoms with van der Waals surface area (Å²) in [5.41, 5.74) is 4.08. The first-order valence-electron chi connectivity index (χ1n) is 10.1. The van der Waals surface area contributed by atoms with Crippen LogP contribution in [0, 0.1) is 17.8 Å². The van der Waals surface area contributed by atoms with Crippen LogP contribution in [0.3, 0.4) is 0 Å². The molecule has 3 nitrogen and oxygen atoms in total. The standard InChI is InChI=1S/C23H23Cl2NO2/c1-2-28-23(27)14-8-9-18-16(11-14)19-12-6-7-13(10-12)20(19)22(26-18)15-4-3-5-17(24)21(15)25/h3-5,8-9,11-13,19-20,22,26H,2,6-7,10H2,1H3/t12-,13-,19-,20-,22+/m0/s1. The molecule has 0 saturated heterocycles. The molecule has 0 aromatic heterocycles. The van der Waals surface area contributed by atoms with Gasteiger partial charge in [0.05, 0.1) is 28.3 Å². The molecule has 3 aliphatic rings. The second kappa shape index (κ2) is 6.96. The number of hydrogen-bond acceptors (Lipinski definition) is 3. The fraction of sp³-hybridized carbons (Fsp3) is 0.435. The lowest BCUT2D eigenvalue weighted by molar-refractivity contribution is 0.0526. The summed E-state index contributed by atoms with van der Waals surface area (Å²) in [5, 5.41) is 4.99. The lowest BCUT2D eigenvalue weighted by Gasteiger charge is -2.44. The number of halogens is 2. The summed E-state index contributed by atoms with van der Waals surface area (Å²) in [6.07, 6.45) is 3.80. The normalized spacial score (nSPS) is 29.8. The third-order valence-electron chi connectivity index (χ3n) is 6.91. The first-order valence-corrected chi connectivity index (χ1v) is 10.9. The van der Waals surface area contributed by atoms with Crippen molar-refractivity contribution in [2.24, 2.45) is 17.8 Å². The molecule has 2 aliphatic carbocycles. The summed E-state index contributed by atoms with van der Waals surface area (Å²) in [6, 6.07) is 12.0. The quantitative estimate of drug-likeness (QED) is 0.583. The first-order chi connectivity index (χ1) is 13.6. The largest absolute Gasteiger partial charge is 0.462 e. The Kier molecular flexibility index (Phi) is 4.56.